The predicted octanol–water partition coefficient (Wildman–Crippen LogP) is 4.14. The van der Waals surface area contributed by atoms with E-state index in [9.17, 15) is 13.2 Å². The minimum atomic E-state index is -3.79. The molecular weight excluding hydrogens is 398 g/mol. The van der Waals surface area contributed by atoms with Gasteiger partial charge in [0.05, 0.1) is 18.0 Å². The SMILES string of the molecule is COC(=O)C=Cc1cccc(S(=O)(=O)NC(Cc2ccccc2)c2ccccc2)c1. The minimum absolute atomic E-state index is 0.128. The molecule has 0 aliphatic carbocycles. The number of benzene rings is 3. The summed E-state index contributed by atoms with van der Waals surface area (Å²) >= 11 is 0. The van der Waals surface area contributed by atoms with Crippen molar-refractivity contribution < 1.29 is 17.9 Å². The number of esters is 1. The molecule has 3 rings (SSSR count). The molecule has 0 aromatic heterocycles. The van der Waals surface area contributed by atoms with Crippen LogP contribution in [-0.2, 0) is 26.0 Å². The maximum Gasteiger partial charge on any atom is 0.330 e. The number of carbonyl (C=O) groups is 1. The summed E-state index contributed by atoms with van der Waals surface area (Å²) < 4.78 is 33.7. The van der Waals surface area contributed by atoms with Crippen LogP contribution in [0.25, 0.3) is 6.08 Å². The average molecular weight is 422 g/mol. The summed E-state index contributed by atoms with van der Waals surface area (Å²) in [6.07, 6.45) is 3.29. The Balaban J connectivity index is 1.88. The monoisotopic (exact) mass is 421 g/mol. The van der Waals surface area contributed by atoms with Gasteiger partial charge in [0.15, 0.2) is 0 Å². The van der Waals surface area contributed by atoms with Gasteiger partial charge in [-0.25, -0.2) is 17.9 Å². The number of nitrogens with one attached hydrogen (secondary N) is 1. The second-order valence-electron chi connectivity index (χ2n) is 6.70. The quantitative estimate of drug-likeness (QED) is 0.438. The molecule has 0 spiro atoms. The lowest BCUT2D eigenvalue weighted by Crippen LogP contribution is -2.30. The third-order valence-corrected chi connectivity index (χ3v) is 6.03. The molecule has 0 aliphatic rings. The summed E-state index contributed by atoms with van der Waals surface area (Å²) in [5.74, 6) is -0.506. The fraction of sp³-hybridized carbons (Fsp3) is 0.125. The zero-order valence-electron chi connectivity index (χ0n) is 16.6. The highest BCUT2D eigenvalue weighted by Crippen LogP contribution is 2.22. The van der Waals surface area contributed by atoms with Crippen molar-refractivity contribution in [2.24, 2.45) is 0 Å². The van der Waals surface area contributed by atoms with Gasteiger partial charge in [-0.15, -0.1) is 0 Å². The Morgan fingerprint density at radius 2 is 1.63 bits per heavy atom. The van der Waals surface area contributed by atoms with Gasteiger partial charge >= 0.3 is 5.97 Å². The van der Waals surface area contributed by atoms with Crippen molar-refractivity contribution in [1.82, 2.24) is 4.72 Å². The second-order valence-corrected chi connectivity index (χ2v) is 8.42. The molecule has 6 heteroatoms. The Morgan fingerprint density at radius 3 is 2.30 bits per heavy atom. The molecule has 3 aromatic carbocycles. The Bertz CT molecular complexity index is 1110. The number of carbonyl (C=O) groups excluding carboxylic acids is 1. The lowest BCUT2D eigenvalue weighted by atomic mass is 10.00. The molecule has 0 heterocycles. The molecular formula is C24H23NO4S. The molecule has 0 fully saturated rings. The predicted molar refractivity (Wildman–Crippen MR) is 117 cm³/mol. The summed E-state index contributed by atoms with van der Waals surface area (Å²) in [4.78, 5) is 11.4. The van der Waals surface area contributed by atoms with Crippen LogP contribution in [0.2, 0.25) is 0 Å². The topological polar surface area (TPSA) is 72.5 Å². The summed E-state index contributed by atoms with van der Waals surface area (Å²) in [7, 11) is -2.51. The van der Waals surface area contributed by atoms with E-state index < -0.39 is 22.0 Å². The molecule has 0 saturated carbocycles. The number of rotatable bonds is 8. The van der Waals surface area contributed by atoms with Crippen LogP contribution in [0.4, 0.5) is 0 Å². The van der Waals surface area contributed by atoms with Crippen molar-refractivity contribution in [3.05, 3.63) is 108 Å². The van der Waals surface area contributed by atoms with E-state index in [-0.39, 0.29) is 4.90 Å². The first-order valence-corrected chi connectivity index (χ1v) is 10.9. The first-order valence-electron chi connectivity index (χ1n) is 9.45. The number of ether oxygens (including phenoxy) is 1. The van der Waals surface area contributed by atoms with Crippen molar-refractivity contribution in [2.75, 3.05) is 7.11 Å². The highest BCUT2D eigenvalue weighted by atomic mass is 32.2. The van der Waals surface area contributed by atoms with E-state index in [1.807, 2.05) is 60.7 Å². The van der Waals surface area contributed by atoms with Gasteiger partial charge in [0.25, 0.3) is 0 Å². The first-order chi connectivity index (χ1) is 14.5. The second kappa shape index (κ2) is 10.0. The summed E-state index contributed by atoms with van der Waals surface area (Å²) in [5.41, 5.74) is 2.50. The fourth-order valence-electron chi connectivity index (χ4n) is 3.04. The van der Waals surface area contributed by atoms with Crippen molar-refractivity contribution >= 4 is 22.1 Å². The van der Waals surface area contributed by atoms with Gasteiger partial charge in [-0.05, 0) is 41.3 Å². The highest BCUT2D eigenvalue weighted by Gasteiger charge is 2.22. The molecule has 0 aliphatic heterocycles. The first kappa shape index (κ1) is 21.5. The minimum Gasteiger partial charge on any atom is -0.466 e. The Hall–Kier alpha value is -3.22. The van der Waals surface area contributed by atoms with Crippen LogP contribution in [0.15, 0.2) is 95.9 Å². The number of hydrogen-bond donors (Lipinski definition) is 1. The van der Waals surface area contributed by atoms with Crippen LogP contribution in [0, 0.1) is 0 Å². The Morgan fingerprint density at radius 1 is 0.967 bits per heavy atom. The molecule has 3 aromatic rings. The summed E-state index contributed by atoms with van der Waals surface area (Å²) in [5, 5.41) is 0. The van der Waals surface area contributed by atoms with E-state index >= 15 is 0 Å². The molecule has 0 amide bonds. The van der Waals surface area contributed by atoms with Gasteiger partial charge in [0.2, 0.25) is 10.0 Å². The van der Waals surface area contributed by atoms with E-state index in [0.29, 0.717) is 12.0 Å². The van der Waals surface area contributed by atoms with Gasteiger partial charge in [-0.3, -0.25) is 0 Å². The van der Waals surface area contributed by atoms with Crippen molar-refractivity contribution in [3.8, 4) is 0 Å². The van der Waals surface area contributed by atoms with E-state index in [2.05, 4.69) is 9.46 Å². The highest BCUT2D eigenvalue weighted by molar-refractivity contribution is 7.89. The van der Waals surface area contributed by atoms with Gasteiger partial charge in [-0.1, -0.05) is 72.8 Å². The average Bonchev–Trinajstić information content (AvgIpc) is 2.78. The number of hydrogen-bond acceptors (Lipinski definition) is 4. The molecule has 5 nitrogen and oxygen atoms in total. The number of sulfonamides is 1. The van der Waals surface area contributed by atoms with E-state index in [1.54, 1.807) is 12.1 Å². The summed E-state index contributed by atoms with van der Waals surface area (Å²) in [6, 6.07) is 25.2. The standard InChI is InChI=1S/C24H23NO4S/c1-29-24(26)16-15-20-11-8-14-22(17-20)30(27,28)25-23(21-12-6-3-7-13-21)18-19-9-4-2-5-10-19/h2-17,23,25H,18H2,1H3. The van der Waals surface area contributed by atoms with Crippen LogP contribution in [0.1, 0.15) is 22.7 Å². The zero-order valence-corrected chi connectivity index (χ0v) is 17.4. The molecule has 0 saturated heterocycles. The normalized spacial score (nSPS) is 12.6. The van der Waals surface area contributed by atoms with Crippen LogP contribution in [-0.4, -0.2) is 21.5 Å². The summed E-state index contributed by atoms with van der Waals surface area (Å²) in [6.45, 7) is 0. The van der Waals surface area contributed by atoms with Crippen LogP contribution in [0.3, 0.4) is 0 Å². The van der Waals surface area contributed by atoms with Crippen LogP contribution < -0.4 is 4.72 Å². The molecule has 1 N–H and O–H groups in total. The molecule has 154 valence electrons. The van der Waals surface area contributed by atoms with Crippen molar-refractivity contribution in [3.63, 3.8) is 0 Å². The number of methoxy groups -OCH3 is 1. The fourth-order valence-corrected chi connectivity index (χ4v) is 4.31. The van der Waals surface area contributed by atoms with E-state index in [1.165, 1.54) is 31.4 Å². The third kappa shape index (κ3) is 5.89. The molecule has 30 heavy (non-hydrogen) atoms. The zero-order chi connectivity index (χ0) is 21.4. The maximum absolute atomic E-state index is 13.1. The molecule has 0 bridgehead atoms. The van der Waals surface area contributed by atoms with Gasteiger partial charge < -0.3 is 4.74 Å². The lowest BCUT2D eigenvalue weighted by Gasteiger charge is -2.20. The molecule has 1 atom stereocenters. The molecule has 0 radical (unpaired) electrons. The Kier molecular flexibility index (Phi) is 7.17. The van der Waals surface area contributed by atoms with Gasteiger partial charge in [0, 0.05) is 6.08 Å². The van der Waals surface area contributed by atoms with E-state index in [4.69, 9.17) is 0 Å². The van der Waals surface area contributed by atoms with Crippen molar-refractivity contribution in [2.45, 2.75) is 17.4 Å². The molecule has 1 unspecified atom stereocenters. The Labute approximate surface area is 177 Å². The smallest absolute Gasteiger partial charge is 0.330 e. The van der Waals surface area contributed by atoms with Gasteiger partial charge in [0.1, 0.15) is 0 Å². The van der Waals surface area contributed by atoms with Gasteiger partial charge in [-0.2, -0.15) is 0 Å². The lowest BCUT2D eigenvalue weighted by molar-refractivity contribution is -0.134. The van der Waals surface area contributed by atoms with Crippen LogP contribution in [0.5, 0.6) is 0 Å². The third-order valence-electron chi connectivity index (χ3n) is 4.56. The van der Waals surface area contributed by atoms with Crippen LogP contribution >= 0.6 is 0 Å². The largest absolute Gasteiger partial charge is 0.466 e. The maximum atomic E-state index is 13.1. The van der Waals surface area contributed by atoms with Crippen molar-refractivity contribution in [1.29, 1.82) is 0 Å². The van der Waals surface area contributed by atoms with E-state index in [0.717, 1.165) is 11.1 Å².